The van der Waals surface area contributed by atoms with Crippen LogP contribution < -0.4 is 5.32 Å². The lowest BCUT2D eigenvalue weighted by molar-refractivity contribution is 0.103. The van der Waals surface area contributed by atoms with Crippen LogP contribution in [0.15, 0.2) is 59.5 Å². The van der Waals surface area contributed by atoms with E-state index in [0.717, 1.165) is 27.7 Å². The lowest BCUT2D eigenvalue weighted by atomic mass is 10.2. The molecule has 0 aliphatic rings. The second-order valence-electron chi connectivity index (χ2n) is 6.95. The first kappa shape index (κ1) is 20.6. The summed E-state index contributed by atoms with van der Waals surface area (Å²) in [6, 6.07) is 15.5. The fourth-order valence-corrected chi connectivity index (χ4v) is 4.89. The third-order valence-electron chi connectivity index (χ3n) is 4.62. The number of anilines is 1. The topological polar surface area (TPSA) is 81.1 Å². The molecule has 1 N–H and O–H groups in total. The molecule has 0 aliphatic carbocycles. The standard InChI is InChI=1S/C21H18ClN3O3S2/c1-13-18-11-19(20(26)23-16-7-9-17(10-8-16)30(2,27)28)29-21(18)25(24-13)12-14-3-5-15(22)6-4-14/h3-11H,12H2,1-2H3,(H,23,26). The number of aryl methyl sites for hydroxylation is 1. The summed E-state index contributed by atoms with van der Waals surface area (Å²) in [4.78, 5) is 14.4. The predicted molar refractivity (Wildman–Crippen MR) is 120 cm³/mol. The zero-order valence-corrected chi connectivity index (χ0v) is 18.6. The summed E-state index contributed by atoms with van der Waals surface area (Å²) < 4.78 is 25.0. The lowest BCUT2D eigenvalue weighted by Gasteiger charge is -2.05. The van der Waals surface area contributed by atoms with Crippen molar-refractivity contribution in [1.29, 1.82) is 0 Å². The molecule has 0 atom stereocenters. The van der Waals surface area contributed by atoms with Gasteiger partial charge < -0.3 is 5.32 Å². The number of carbonyl (C=O) groups excluding carboxylic acids is 1. The number of carbonyl (C=O) groups is 1. The van der Waals surface area contributed by atoms with Gasteiger partial charge in [-0.25, -0.2) is 8.42 Å². The molecule has 154 valence electrons. The van der Waals surface area contributed by atoms with Crippen LogP contribution in [0.5, 0.6) is 0 Å². The Morgan fingerprint density at radius 2 is 1.80 bits per heavy atom. The molecule has 0 saturated carbocycles. The number of aromatic nitrogens is 2. The minimum absolute atomic E-state index is 0.209. The average Bonchev–Trinajstić information content (AvgIpc) is 3.25. The van der Waals surface area contributed by atoms with Crippen LogP contribution in [0.1, 0.15) is 20.9 Å². The SMILES string of the molecule is Cc1nn(Cc2ccc(Cl)cc2)c2sc(C(=O)Nc3ccc(S(C)(=O)=O)cc3)cc12. The first-order chi connectivity index (χ1) is 14.2. The van der Waals surface area contributed by atoms with Gasteiger partial charge in [0, 0.05) is 22.4 Å². The van der Waals surface area contributed by atoms with Gasteiger partial charge in [-0.1, -0.05) is 23.7 Å². The van der Waals surface area contributed by atoms with E-state index in [1.807, 2.05) is 41.9 Å². The second-order valence-corrected chi connectivity index (χ2v) is 10.4. The Bertz CT molecular complexity index is 1340. The molecule has 0 saturated heterocycles. The zero-order chi connectivity index (χ0) is 21.5. The van der Waals surface area contributed by atoms with Crippen molar-refractivity contribution in [3.05, 3.63) is 75.8 Å². The lowest BCUT2D eigenvalue weighted by Crippen LogP contribution is -2.10. The van der Waals surface area contributed by atoms with Crippen LogP contribution in [0.3, 0.4) is 0 Å². The Hall–Kier alpha value is -2.68. The molecule has 0 aliphatic heterocycles. The molecule has 0 fully saturated rings. The van der Waals surface area contributed by atoms with E-state index in [-0.39, 0.29) is 10.8 Å². The van der Waals surface area contributed by atoms with Crippen LogP contribution in [0.4, 0.5) is 5.69 Å². The molecule has 30 heavy (non-hydrogen) atoms. The summed E-state index contributed by atoms with van der Waals surface area (Å²) in [7, 11) is -3.28. The maximum absolute atomic E-state index is 12.7. The summed E-state index contributed by atoms with van der Waals surface area (Å²) in [5.74, 6) is -0.249. The van der Waals surface area contributed by atoms with Crippen molar-refractivity contribution < 1.29 is 13.2 Å². The molecule has 6 nitrogen and oxygen atoms in total. The van der Waals surface area contributed by atoms with E-state index < -0.39 is 9.84 Å². The van der Waals surface area contributed by atoms with Crippen molar-refractivity contribution in [3.63, 3.8) is 0 Å². The van der Waals surface area contributed by atoms with Gasteiger partial charge in [0.2, 0.25) is 0 Å². The van der Waals surface area contributed by atoms with Gasteiger partial charge in [-0.05, 0) is 55.0 Å². The highest BCUT2D eigenvalue weighted by molar-refractivity contribution is 7.90. The summed E-state index contributed by atoms with van der Waals surface area (Å²) >= 11 is 7.32. The van der Waals surface area contributed by atoms with Crippen molar-refractivity contribution in [2.24, 2.45) is 0 Å². The first-order valence-electron chi connectivity index (χ1n) is 9.03. The minimum Gasteiger partial charge on any atom is -0.321 e. The van der Waals surface area contributed by atoms with Crippen LogP contribution in [0.25, 0.3) is 10.2 Å². The molecular weight excluding hydrogens is 442 g/mol. The van der Waals surface area contributed by atoms with E-state index in [0.29, 0.717) is 22.1 Å². The maximum atomic E-state index is 12.7. The molecule has 2 aromatic heterocycles. The average molecular weight is 460 g/mol. The number of sulfone groups is 1. The molecule has 0 radical (unpaired) electrons. The number of thiophene rings is 1. The van der Waals surface area contributed by atoms with E-state index in [2.05, 4.69) is 10.4 Å². The van der Waals surface area contributed by atoms with E-state index in [1.165, 1.54) is 23.5 Å². The number of halogens is 1. The van der Waals surface area contributed by atoms with Gasteiger partial charge in [0.05, 0.1) is 22.0 Å². The number of hydrogen-bond donors (Lipinski definition) is 1. The van der Waals surface area contributed by atoms with Crippen LogP contribution in [0.2, 0.25) is 5.02 Å². The van der Waals surface area contributed by atoms with E-state index in [9.17, 15) is 13.2 Å². The molecule has 0 bridgehead atoms. The minimum atomic E-state index is -3.28. The molecule has 4 aromatic rings. The molecule has 0 spiro atoms. The number of hydrogen-bond acceptors (Lipinski definition) is 5. The summed E-state index contributed by atoms with van der Waals surface area (Å²) in [6.45, 7) is 2.50. The normalized spacial score (nSPS) is 11.7. The number of benzene rings is 2. The van der Waals surface area contributed by atoms with Gasteiger partial charge >= 0.3 is 0 Å². The van der Waals surface area contributed by atoms with Gasteiger partial charge in [0.25, 0.3) is 5.91 Å². The third-order valence-corrected chi connectivity index (χ3v) is 7.14. The second kappa shape index (κ2) is 7.86. The van der Waals surface area contributed by atoms with E-state index >= 15 is 0 Å². The van der Waals surface area contributed by atoms with Gasteiger partial charge in [-0.15, -0.1) is 11.3 Å². The van der Waals surface area contributed by atoms with Crippen molar-refractivity contribution in [2.75, 3.05) is 11.6 Å². The number of rotatable bonds is 5. The largest absolute Gasteiger partial charge is 0.321 e. The van der Waals surface area contributed by atoms with Gasteiger partial charge in [-0.3, -0.25) is 9.48 Å². The van der Waals surface area contributed by atoms with Crippen molar-refractivity contribution in [3.8, 4) is 0 Å². The van der Waals surface area contributed by atoms with Crippen LogP contribution >= 0.6 is 22.9 Å². The Balaban J connectivity index is 1.57. The first-order valence-corrected chi connectivity index (χ1v) is 12.1. The van der Waals surface area contributed by atoms with E-state index in [1.54, 1.807) is 12.1 Å². The van der Waals surface area contributed by atoms with Gasteiger partial charge in [0.1, 0.15) is 4.83 Å². The molecule has 1 amide bonds. The van der Waals surface area contributed by atoms with Gasteiger partial charge in [-0.2, -0.15) is 5.10 Å². The fraction of sp³-hybridized carbons (Fsp3) is 0.143. The quantitative estimate of drug-likeness (QED) is 0.466. The van der Waals surface area contributed by atoms with E-state index in [4.69, 9.17) is 11.6 Å². The highest BCUT2D eigenvalue weighted by atomic mass is 35.5. The zero-order valence-electron chi connectivity index (χ0n) is 16.2. The predicted octanol–water partition coefficient (Wildman–Crippen LogP) is 4.76. The van der Waals surface area contributed by atoms with Crippen LogP contribution in [-0.4, -0.2) is 30.4 Å². The van der Waals surface area contributed by atoms with Crippen molar-refractivity contribution in [1.82, 2.24) is 9.78 Å². The summed E-state index contributed by atoms with van der Waals surface area (Å²) in [5.41, 5.74) is 2.45. The molecule has 2 aromatic carbocycles. The maximum Gasteiger partial charge on any atom is 0.265 e. The number of nitrogens with one attached hydrogen (secondary N) is 1. The molecule has 9 heteroatoms. The smallest absolute Gasteiger partial charge is 0.265 e. The molecule has 2 heterocycles. The van der Waals surface area contributed by atoms with Crippen molar-refractivity contribution in [2.45, 2.75) is 18.4 Å². The summed E-state index contributed by atoms with van der Waals surface area (Å²) in [6.07, 6.45) is 1.15. The highest BCUT2D eigenvalue weighted by Crippen LogP contribution is 2.29. The molecular formula is C21H18ClN3O3S2. The number of nitrogens with zero attached hydrogens (tertiary/aromatic N) is 2. The van der Waals surface area contributed by atoms with Gasteiger partial charge in [0.15, 0.2) is 9.84 Å². The third kappa shape index (κ3) is 4.26. The van der Waals surface area contributed by atoms with Crippen LogP contribution in [0, 0.1) is 6.92 Å². The Labute approximate surface area is 183 Å². The Morgan fingerprint density at radius 3 is 2.43 bits per heavy atom. The molecule has 4 rings (SSSR count). The Morgan fingerprint density at radius 1 is 1.13 bits per heavy atom. The van der Waals surface area contributed by atoms with Crippen molar-refractivity contribution >= 4 is 54.6 Å². The summed E-state index contributed by atoms with van der Waals surface area (Å²) in [5, 5.41) is 9.02. The number of fused-ring (bicyclic) bond motifs is 1. The number of amides is 1. The fourth-order valence-electron chi connectivity index (χ4n) is 3.07. The highest BCUT2D eigenvalue weighted by Gasteiger charge is 2.17. The molecule has 0 unspecified atom stereocenters. The monoisotopic (exact) mass is 459 g/mol. The Kier molecular flexibility index (Phi) is 5.40. The van der Waals surface area contributed by atoms with Crippen LogP contribution in [-0.2, 0) is 16.4 Å².